The van der Waals surface area contributed by atoms with Gasteiger partial charge in [-0.2, -0.15) is 0 Å². The van der Waals surface area contributed by atoms with Gasteiger partial charge in [0.25, 0.3) is 0 Å². The SMILES string of the molecule is Cc1ncc(-c2ccc3c(c2)N(c2ccncn2)C(=O)C32CC2)cn1. The highest BCUT2D eigenvalue weighted by molar-refractivity contribution is 6.14. The number of anilines is 2. The highest BCUT2D eigenvalue weighted by atomic mass is 16.2. The molecule has 1 aromatic carbocycles. The van der Waals surface area contributed by atoms with Crippen molar-refractivity contribution in [2.24, 2.45) is 0 Å². The van der Waals surface area contributed by atoms with Crippen molar-refractivity contribution in [3.05, 3.63) is 60.6 Å². The molecule has 2 aromatic heterocycles. The van der Waals surface area contributed by atoms with Crippen molar-refractivity contribution in [1.82, 2.24) is 19.9 Å². The van der Waals surface area contributed by atoms with E-state index in [1.165, 1.54) is 6.33 Å². The molecule has 0 radical (unpaired) electrons. The van der Waals surface area contributed by atoms with Crippen molar-refractivity contribution in [3.63, 3.8) is 0 Å². The molecular formula is C19H15N5O. The molecular weight excluding hydrogens is 314 g/mol. The lowest BCUT2D eigenvalue weighted by molar-refractivity contribution is -0.119. The summed E-state index contributed by atoms with van der Waals surface area (Å²) in [4.78, 5) is 31.6. The number of hydrogen-bond donors (Lipinski definition) is 0. The first kappa shape index (κ1) is 14.2. The first-order valence-electron chi connectivity index (χ1n) is 8.23. The lowest BCUT2D eigenvalue weighted by atomic mass is 9.96. The summed E-state index contributed by atoms with van der Waals surface area (Å²) in [7, 11) is 0. The van der Waals surface area contributed by atoms with Crippen LogP contribution in [0.25, 0.3) is 11.1 Å². The number of carbonyl (C=O) groups is 1. The second kappa shape index (κ2) is 4.92. The van der Waals surface area contributed by atoms with E-state index in [2.05, 4.69) is 26.0 Å². The molecule has 0 saturated heterocycles. The smallest absolute Gasteiger partial charge is 0.243 e. The maximum atomic E-state index is 13.1. The zero-order valence-electron chi connectivity index (χ0n) is 13.7. The standard InChI is InChI=1S/C19H15N5O/c1-12-21-9-14(10-22-12)13-2-3-15-16(8-13)24(17-4-7-20-11-23-17)18(25)19(15)5-6-19/h2-4,7-11H,5-6H2,1H3. The van der Waals surface area contributed by atoms with Crippen molar-refractivity contribution < 1.29 is 4.79 Å². The molecule has 1 saturated carbocycles. The number of amides is 1. The molecule has 2 aliphatic rings. The molecule has 1 aliphatic heterocycles. The van der Waals surface area contributed by atoms with Crippen molar-refractivity contribution in [3.8, 4) is 11.1 Å². The summed E-state index contributed by atoms with van der Waals surface area (Å²) in [6.45, 7) is 1.86. The minimum Gasteiger partial charge on any atom is -0.273 e. The molecule has 6 nitrogen and oxygen atoms in total. The molecule has 1 fully saturated rings. The van der Waals surface area contributed by atoms with Gasteiger partial charge in [-0.05, 0) is 43.0 Å². The monoisotopic (exact) mass is 329 g/mol. The Balaban J connectivity index is 1.67. The molecule has 5 rings (SSSR count). The van der Waals surface area contributed by atoms with E-state index in [4.69, 9.17) is 0 Å². The Bertz CT molecular complexity index is 980. The molecule has 1 spiro atoms. The van der Waals surface area contributed by atoms with E-state index in [0.717, 1.165) is 41.0 Å². The fourth-order valence-electron chi connectivity index (χ4n) is 3.53. The van der Waals surface area contributed by atoms with Gasteiger partial charge in [0.15, 0.2) is 0 Å². The Kier molecular flexibility index (Phi) is 2.80. The fourth-order valence-corrected chi connectivity index (χ4v) is 3.53. The van der Waals surface area contributed by atoms with Crippen LogP contribution in [0.5, 0.6) is 0 Å². The van der Waals surface area contributed by atoms with Gasteiger partial charge in [-0.25, -0.2) is 19.9 Å². The summed E-state index contributed by atoms with van der Waals surface area (Å²) in [5.41, 5.74) is 3.55. The van der Waals surface area contributed by atoms with Crippen LogP contribution in [0.3, 0.4) is 0 Å². The van der Waals surface area contributed by atoms with Crippen LogP contribution in [0.4, 0.5) is 11.5 Å². The third kappa shape index (κ3) is 2.00. The molecule has 0 atom stereocenters. The number of aromatic nitrogens is 4. The number of nitrogens with zero attached hydrogens (tertiary/aromatic N) is 5. The molecule has 1 amide bonds. The maximum absolute atomic E-state index is 13.1. The summed E-state index contributed by atoms with van der Waals surface area (Å²) in [6, 6.07) is 7.92. The first-order valence-corrected chi connectivity index (χ1v) is 8.23. The van der Waals surface area contributed by atoms with Crippen LogP contribution in [0.2, 0.25) is 0 Å². The van der Waals surface area contributed by atoms with Gasteiger partial charge in [-0.1, -0.05) is 12.1 Å². The fraction of sp³-hybridized carbons (Fsp3) is 0.211. The van der Waals surface area contributed by atoms with Crippen LogP contribution in [-0.4, -0.2) is 25.8 Å². The molecule has 0 bridgehead atoms. The van der Waals surface area contributed by atoms with Gasteiger partial charge in [0.1, 0.15) is 18.0 Å². The van der Waals surface area contributed by atoms with E-state index >= 15 is 0 Å². The van der Waals surface area contributed by atoms with E-state index in [1.54, 1.807) is 17.2 Å². The Labute approximate surface area is 144 Å². The van der Waals surface area contributed by atoms with Crippen molar-refractivity contribution in [1.29, 1.82) is 0 Å². The lowest BCUT2D eigenvalue weighted by Gasteiger charge is -2.17. The maximum Gasteiger partial charge on any atom is 0.243 e. The van der Waals surface area contributed by atoms with E-state index in [0.29, 0.717) is 5.82 Å². The average Bonchev–Trinajstić information content (AvgIpc) is 3.41. The van der Waals surface area contributed by atoms with E-state index < -0.39 is 0 Å². The van der Waals surface area contributed by atoms with Gasteiger partial charge in [0, 0.05) is 24.2 Å². The van der Waals surface area contributed by atoms with Crippen LogP contribution in [-0.2, 0) is 10.2 Å². The normalized spacial score (nSPS) is 17.0. The highest BCUT2D eigenvalue weighted by Gasteiger charge is 2.59. The van der Waals surface area contributed by atoms with E-state index in [1.807, 2.05) is 31.5 Å². The molecule has 122 valence electrons. The van der Waals surface area contributed by atoms with E-state index in [9.17, 15) is 4.79 Å². The topological polar surface area (TPSA) is 71.9 Å². The Hall–Kier alpha value is -3.15. The number of aryl methyl sites for hydroxylation is 1. The molecule has 1 aliphatic carbocycles. The van der Waals surface area contributed by atoms with Crippen molar-refractivity contribution >= 4 is 17.4 Å². The lowest BCUT2D eigenvalue weighted by Crippen LogP contribution is -2.28. The van der Waals surface area contributed by atoms with Crippen molar-refractivity contribution in [2.75, 3.05) is 4.90 Å². The summed E-state index contributed by atoms with van der Waals surface area (Å²) in [5.74, 6) is 1.46. The summed E-state index contributed by atoms with van der Waals surface area (Å²) >= 11 is 0. The minimum atomic E-state index is -0.359. The number of carbonyl (C=O) groups excluding carboxylic acids is 1. The van der Waals surface area contributed by atoms with Crippen LogP contribution in [0.15, 0.2) is 49.2 Å². The first-order chi connectivity index (χ1) is 12.2. The number of benzene rings is 1. The number of rotatable bonds is 2. The third-order valence-electron chi connectivity index (χ3n) is 5.03. The number of fused-ring (bicyclic) bond motifs is 2. The highest BCUT2D eigenvalue weighted by Crippen LogP contribution is 2.59. The van der Waals surface area contributed by atoms with E-state index in [-0.39, 0.29) is 11.3 Å². The van der Waals surface area contributed by atoms with Crippen LogP contribution in [0.1, 0.15) is 24.2 Å². The Morgan fingerprint density at radius 2 is 1.84 bits per heavy atom. The van der Waals surface area contributed by atoms with Crippen molar-refractivity contribution in [2.45, 2.75) is 25.2 Å². The second-order valence-electron chi connectivity index (χ2n) is 6.54. The summed E-state index contributed by atoms with van der Waals surface area (Å²) < 4.78 is 0. The van der Waals surface area contributed by atoms with Gasteiger partial charge < -0.3 is 0 Å². The summed E-state index contributed by atoms with van der Waals surface area (Å²) in [5, 5.41) is 0. The minimum absolute atomic E-state index is 0.110. The summed E-state index contributed by atoms with van der Waals surface area (Å²) in [6.07, 6.45) is 8.54. The molecule has 3 heterocycles. The zero-order valence-corrected chi connectivity index (χ0v) is 13.7. The van der Waals surface area contributed by atoms with Gasteiger partial charge in [-0.3, -0.25) is 9.69 Å². The average molecular weight is 329 g/mol. The molecule has 0 unspecified atom stereocenters. The Morgan fingerprint density at radius 1 is 1.04 bits per heavy atom. The molecule has 3 aromatic rings. The predicted molar refractivity (Wildman–Crippen MR) is 92.3 cm³/mol. The molecule has 0 N–H and O–H groups in total. The second-order valence-corrected chi connectivity index (χ2v) is 6.54. The molecule has 25 heavy (non-hydrogen) atoms. The van der Waals surface area contributed by atoms with Crippen LogP contribution >= 0.6 is 0 Å². The quantitative estimate of drug-likeness (QED) is 0.723. The van der Waals surface area contributed by atoms with Gasteiger partial charge >= 0.3 is 0 Å². The van der Waals surface area contributed by atoms with Crippen LogP contribution in [0, 0.1) is 6.92 Å². The van der Waals surface area contributed by atoms with Gasteiger partial charge in [0.05, 0.1) is 11.1 Å². The van der Waals surface area contributed by atoms with Gasteiger partial charge in [-0.15, -0.1) is 0 Å². The predicted octanol–water partition coefficient (Wildman–Crippen LogP) is 2.95. The largest absolute Gasteiger partial charge is 0.273 e. The number of hydrogen-bond acceptors (Lipinski definition) is 5. The Morgan fingerprint density at radius 3 is 2.52 bits per heavy atom. The molecule has 6 heteroatoms. The van der Waals surface area contributed by atoms with Gasteiger partial charge in [0.2, 0.25) is 5.91 Å². The third-order valence-corrected chi connectivity index (χ3v) is 5.03. The zero-order chi connectivity index (χ0) is 17.0. The van der Waals surface area contributed by atoms with Crippen LogP contribution < -0.4 is 4.90 Å².